The summed E-state index contributed by atoms with van der Waals surface area (Å²) in [5, 5.41) is 0. The molecule has 0 aliphatic heterocycles. The van der Waals surface area contributed by atoms with E-state index in [4.69, 9.17) is 0 Å². The average molecular weight is 168 g/mol. The second kappa shape index (κ2) is 3.81. The summed E-state index contributed by atoms with van der Waals surface area (Å²) in [5.74, 6) is 1.87. The normalized spacial score (nSPS) is 25.0. The Morgan fingerprint density at radius 1 is 1.08 bits per heavy atom. The molecule has 1 saturated carbocycles. The zero-order valence-electron chi connectivity index (χ0n) is 9.19. The first-order valence-corrected chi connectivity index (χ1v) is 5.63. The predicted molar refractivity (Wildman–Crippen MR) is 55.2 cm³/mol. The van der Waals surface area contributed by atoms with Crippen molar-refractivity contribution in [3.05, 3.63) is 0 Å². The molecule has 2 unspecified atom stereocenters. The molecule has 0 amide bonds. The van der Waals surface area contributed by atoms with Crippen molar-refractivity contribution in [2.24, 2.45) is 17.3 Å². The van der Waals surface area contributed by atoms with E-state index in [0.29, 0.717) is 0 Å². The van der Waals surface area contributed by atoms with Crippen LogP contribution in [-0.4, -0.2) is 0 Å². The van der Waals surface area contributed by atoms with Gasteiger partial charge in [-0.15, -0.1) is 0 Å². The van der Waals surface area contributed by atoms with E-state index in [0.717, 1.165) is 17.3 Å². The largest absolute Gasteiger partial charge is 0.0651 e. The molecule has 2 atom stereocenters. The Bertz CT molecular complexity index is 133. The number of hydrogen-bond donors (Lipinski definition) is 0. The van der Waals surface area contributed by atoms with Crippen LogP contribution >= 0.6 is 0 Å². The van der Waals surface area contributed by atoms with Gasteiger partial charge in [-0.3, -0.25) is 0 Å². The lowest BCUT2D eigenvalue weighted by atomic mass is 9.83. The first kappa shape index (κ1) is 10.1. The Kier molecular flexibility index (Phi) is 3.20. The van der Waals surface area contributed by atoms with E-state index >= 15 is 0 Å². The van der Waals surface area contributed by atoms with Crippen molar-refractivity contribution in [1.82, 2.24) is 0 Å². The van der Waals surface area contributed by atoms with Crippen LogP contribution in [0.1, 0.15) is 59.8 Å². The molecule has 0 heterocycles. The van der Waals surface area contributed by atoms with Gasteiger partial charge in [0.25, 0.3) is 0 Å². The molecular weight excluding hydrogens is 144 g/mol. The molecule has 1 aliphatic carbocycles. The van der Waals surface area contributed by atoms with Crippen LogP contribution in [0.15, 0.2) is 0 Å². The molecular formula is C12H24. The van der Waals surface area contributed by atoms with Crippen LogP contribution in [0.3, 0.4) is 0 Å². The fourth-order valence-corrected chi connectivity index (χ4v) is 2.17. The standard InChI is InChI=1S/C12H24/c1-5-10(3)11(4)9-12(6-2)7-8-12/h10-11H,5-9H2,1-4H3. The van der Waals surface area contributed by atoms with Crippen molar-refractivity contribution in [1.29, 1.82) is 0 Å². The molecule has 1 fully saturated rings. The quantitative estimate of drug-likeness (QED) is 0.575. The Balaban J connectivity index is 2.30. The lowest BCUT2D eigenvalue weighted by Gasteiger charge is -2.23. The van der Waals surface area contributed by atoms with E-state index in [2.05, 4.69) is 27.7 Å². The van der Waals surface area contributed by atoms with Crippen molar-refractivity contribution < 1.29 is 0 Å². The molecule has 0 saturated heterocycles. The van der Waals surface area contributed by atoms with E-state index in [9.17, 15) is 0 Å². The van der Waals surface area contributed by atoms with Crippen molar-refractivity contribution in [3.63, 3.8) is 0 Å². The molecule has 0 aromatic carbocycles. The van der Waals surface area contributed by atoms with Gasteiger partial charge >= 0.3 is 0 Å². The predicted octanol–water partition coefficient (Wildman–Crippen LogP) is 4.25. The second-order valence-electron chi connectivity index (χ2n) is 4.92. The highest BCUT2D eigenvalue weighted by Crippen LogP contribution is 2.54. The van der Waals surface area contributed by atoms with E-state index in [1.54, 1.807) is 0 Å². The van der Waals surface area contributed by atoms with Gasteiger partial charge in [0.05, 0.1) is 0 Å². The Morgan fingerprint density at radius 3 is 2.00 bits per heavy atom. The van der Waals surface area contributed by atoms with Gasteiger partial charge < -0.3 is 0 Å². The Hall–Kier alpha value is 0. The summed E-state index contributed by atoms with van der Waals surface area (Å²) in [6, 6.07) is 0. The third-order valence-electron chi connectivity index (χ3n) is 4.08. The van der Waals surface area contributed by atoms with Crippen LogP contribution in [-0.2, 0) is 0 Å². The number of rotatable bonds is 5. The van der Waals surface area contributed by atoms with E-state index in [-0.39, 0.29) is 0 Å². The minimum absolute atomic E-state index is 0.794. The van der Waals surface area contributed by atoms with Gasteiger partial charge in [-0.25, -0.2) is 0 Å². The summed E-state index contributed by atoms with van der Waals surface area (Å²) in [6.07, 6.45) is 7.25. The molecule has 1 aliphatic rings. The van der Waals surface area contributed by atoms with Crippen LogP contribution in [0.5, 0.6) is 0 Å². The topological polar surface area (TPSA) is 0 Å². The van der Waals surface area contributed by atoms with E-state index in [1.165, 1.54) is 32.1 Å². The molecule has 72 valence electrons. The van der Waals surface area contributed by atoms with Gasteiger partial charge in [0.2, 0.25) is 0 Å². The Labute approximate surface area is 77.7 Å². The highest BCUT2D eigenvalue weighted by atomic mass is 14.5. The zero-order valence-corrected chi connectivity index (χ0v) is 9.19. The number of hydrogen-bond acceptors (Lipinski definition) is 0. The maximum absolute atomic E-state index is 2.43. The van der Waals surface area contributed by atoms with Crippen LogP contribution in [0.4, 0.5) is 0 Å². The summed E-state index contributed by atoms with van der Waals surface area (Å²) in [6.45, 7) is 9.50. The minimum atomic E-state index is 0.794. The molecule has 0 radical (unpaired) electrons. The smallest absolute Gasteiger partial charge is 0.0297 e. The Morgan fingerprint density at radius 2 is 1.67 bits per heavy atom. The lowest BCUT2D eigenvalue weighted by molar-refractivity contribution is 0.278. The molecule has 0 N–H and O–H groups in total. The van der Waals surface area contributed by atoms with E-state index < -0.39 is 0 Å². The second-order valence-corrected chi connectivity index (χ2v) is 4.92. The highest BCUT2D eigenvalue weighted by molar-refractivity contribution is 4.93. The SMILES string of the molecule is CCC(C)C(C)CC1(CC)CC1. The average Bonchev–Trinajstić information content (AvgIpc) is 2.84. The molecule has 0 spiro atoms. The van der Waals surface area contributed by atoms with Gasteiger partial charge in [0, 0.05) is 0 Å². The molecule has 0 heteroatoms. The van der Waals surface area contributed by atoms with Gasteiger partial charge in [-0.2, -0.15) is 0 Å². The molecule has 12 heavy (non-hydrogen) atoms. The van der Waals surface area contributed by atoms with Gasteiger partial charge in [0.1, 0.15) is 0 Å². The zero-order chi connectivity index (χ0) is 9.19. The van der Waals surface area contributed by atoms with Crippen molar-refractivity contribution in [2.75, 3.05) is 0 Å². The first-order valence-electron chi connectivity index (χ1n) is 5.63. The van der Waals surface area contributed by atoms with Crippen molar-refractivity contribution in [2.45, 2.75) is 59.8 Å². The highest BCUT2D eigenvalue weighted by Gasteiger charge is 2.41. The lowest BCUT2D eigenvalue weighted by Crippen LogP contribution is -2.13. The maximum Gasteiger partial charge on any atom is -0.0297 e. The fourth-order valence-electron chi connectivity index (χ4n) is 2.17. The van der Waals surface area contributed by atoms with Crippen LogP contribution in [0, 0.1) is 17.3 Å². The molecule has 0 aromatic heterocycles. The summed E-state index contributed by atoms with van der Waals surface area (Å²) in [5.41, 5.74) is 0.794. The van der Waals surface area contributed by atoms with Crippen LogP contribution in [0.2, 0.25) is 0 Å². The summed E-state index contributed by atoms with van der Waals surface area (Å²) < 4.78 is 0. The van der Waals surface area contributed by atoms with E-state index in [1.807, 2.05) is 0 Å². The van der Waals surface area contributed by atoms with Crippen LogP contribution < -0.4 is 0 Å². The third-order valence-corrected chi connectivity index (χ3v) is 4.08. The summed E-state index contributed by atoms with van der Waals surface area (Å²) in [4.78, 5) is 0. The molecule has 0 bridgehead atoms. The van der Waals surface area contributed by atoms with Crippen LogP contribution in [0.25, 0.3) is 0 Å². The van der Waals surface area contributed by atoms with Gasteiger partial charge in [-0.1, -0.05) is 40.5 Å². The third kappa shape index (κ3) is 2.24. The van der Waals surface area contributed by atoms with Gasteiger partial charge in [-0.05, 0) is 36.5 Å². The maximum atomic E-state index is 2.43. The molecule has 1 rings (SSSR count). The summed E-state index contributed by atoms with van der Waals surface area (Å²) >= 11 is 0. The van der Waals surface area contributed by atoms with Crippen molar-refractivity contribution >= 4 is 0 Å². The summed E-state index contributed by atoms with van der Waals surface area (Å²) in [7, 11) is 0. The fraction of sp³-hybridized carbons (Fsp3) is 1.00. The van der Waals surface area contributed by atoms with Gasteiger partial charge in [0.15, 0.2) is 0 Å². The molecule has 0 aromatic rings. The van der Waals surface area contributed by atoms with Crippen molar-refractivity contribution in [3.8, 4) is 0 Å². The first-order chi connectivity index (χ1) is 5.63. The monoisotopic (exact) mass is 168 g/mol. The molecule has 0 nitrogen and oxygen atoms in total. The minimum Gasteiger partial charge on any atom is -0.0651 e.